The second kappa shape index (κ2) is 10.8. The van der Waals surface area contributed by atoms with Crippen LogP contribution < -0.4 is 5.32 Å². The normalized spacial score (nSPS) is 20.5. The van der Waals surface area contributed by atoms with Crippen molar-refractivity contribution < 1.29 is 0 Å². The number of likely N-dealkylation sites (tertiary alicyclic amines) is 1. The lowest BCUT2D eigenvalue weighted by Crippen LogP contribution is -2.35. The molecule has 0 aromatic heterocycles. The fourth-order valence-electron chi connectivity index (χ4n) is 3.63. The summed E-state index contributed by atoms with van der Waals surface area (Å²) in [4.78, 5) is 2.65. The van der Waals surface area contributed by atoms with Crippen LogP contribution in [0.15, 0.2) is 60.8 Å². The van der Waals surface area contributed by atoms with E-state index in [-0.39, 0.29) is 0 Å². The van der Waals surface area contributed by atoms with Gasteiger partial charge in [0.15, 0.2) is 0 Å². The largest absolute Gasteiger partial charge is 0.394 e. The van der Waals surface area contributed by atoms with Crippen LogP contribution in [-0.4, -0.2) is 18.5 Å². The van der Waals surface area contributed by atoms with E-state index in [0.717, 1.165) is 12.5 Å². The first kappa shape index (κ1) is 20.3. The van der Waals surface area contributed by atoms with E-state index in [1.807, 2.05) is 27.1 Å². The van der Waals surface area contributed by atoms with Crippen molar-refractivity contribution in [2.45, 2.75) is 46.2 Å². The molecule has 0 bridgehead atoms. The van der Waals surface area contributed by atoms with Crippen molar-refractivity contribution >= 4 is 6.08 Å². The molecule has 1 fully saturated rings. The van der Waals surface area contributed by atoms with Crippen LogP contribution in [0.1, 0.15) is 56.3 Å². The topological polar surface area (TPSA) is 15.3 Å². The van der Waals surface area contributed by atoms with Crippen LogP contribution in [0.5, 0.6) is 0 Å². The SMILES string of the molecule is CC.CN/C=C\c1ccccc1CN1CCC(C)CC1c1ccccc1. The van der Waals surface area contributed by atoms with Crippen LogP contribution in [0.2, 0.25) is 0 Å². The molecule has 26 heavy (non-hydrogen) atoms. The standard InChI is InChI=1S/C22H28N2.C2H6/c1-18-13-15-24(22(16-18)20-9-4-3-5-10-20)17-21-11-7-6-8-19(21)12-14-23-2;1-2/h3-12,14,18,22-23H,13,15-17H2,1-2H3;1-2H3/b14-12-;. The maximum Gasteiger partial charge on any atom is 0.0354 e. The predicted molar refractivity (Wildman–Crippen MR) is 114 cm³/mol. The molecule has 0 spiro atoms. The molecule has 0 saturated carbocycles. The van der Waals surface area contributed by atoms with Gasteiger partial charge in [0.25, 0.3) is 0 Å². The van der Waals surface area contributed by atoms with Gasteiger partial charge < -0.3 is 5.32 Å². The lowest BCUT2D eigenvalue weighted by Gasteiger charge is -2.39. The van der Waals surface area contributed by atoms with Gasteiger partial charge in [-0.1, -0.05) is 75.4 Å². The molecule has 2 nitrogen and oxygen atoms in total. The van der Waals surface area contributed by atoms with Crippen molar-refractivity contribution in [2.24, 2.45) is 5.92 Å². The molecule has 1 N–H and O–H groups in total. The van der Waals surface area contributed by atoms with Gasteiger partial charge in [0, 0.05) is 19.6 Å². The highest BCUT2D eigenvalue weighted by Gasteiger charge is 2.27. The number of benzene rings is 2. The molecule has 2 aromatic carbocycles. The summed E-state index contributed by atoms with van der Waals surface area (Å²) in [5, 5.41) is 3.09. The monoisotopic (exact) mass is 350 g/mol. The molecule has 1 heterocycles. The van der Waals surface area contributed by atoms with E-state index in [9.17, 15) is 0 Å². The Balaban J connectivity index is 0.00000117. The van der Waals surface area contributed by atoms with Gasteiger partial charge in [-0.05, 0) is 54.3 Å². The fraction of sp³-hybridized carbons (Fsp3) is 0.417. The van der Waals surface area contributed by atoms with E-state index in [4.69, 9.17) is 0 Å². The predicted octanol–water partition coefficient (Wildman–Crippen LogP) is 5.88. The van der Waals surface area contributed by atoms with Gasteiger partial charge in [0.2, 0.25) is 0 Å². The van der Waals surface area contributed by atoms with Crippen molar-refractivity contribution in [2.75, 3.05) is 13.6 Å². The molecule has 2 aromatic rings. The maximum atomic E-state index is 3.09. The lowest BCUT2D eigenvalue weighted by atomic mass is 9.88. The van der Waals surface area contributed by atoms with Gasteiger partial charge in [0.1, 0.15) is 0 Å². The van der Waals surface area contributed by atoms with E-state index in [1.54, 1.807) is 0 Å². The summed E-state index contributed by atoms with van der Waals surface area (Å²) in [6.07, 6.45) is 6.71. The first-order valence-corrected chi connectivity index (χ1v) is 9.98. The van der Waals surface area contributed by atoms with Crippen LogP contribution in [-0.2, 0) is 6.54 Å². The van der Waals surface area contributed by atoms with Crippen LogP contribution in [0, 0.1) is 5.92 Å². The molecule has 3 rings (SSSR count). The van der Waals surface area contributed by atoms with Gasteiger partial charge in [-0.15, -0.1) is 0 Å². The molecule has 1 aliphatic heterocycles. The highest BCUT2D eigenvalue weighted by Crippen LogP contribution is 2.35. The van der Waals surface area contributed by atoms with Crippen LogP contribution in [0.25, 0.3) is 6.08 Å². The van der Waals surface area contributed by atoms with E-state index < -0.39 is 0 Å². The third-order valence-corrected chi connectivity index (χ3v) is 5.02. The van der Waals surface area contributed by atoms with Gasteiger partial charge >= 0.3 is 0 Å². The molecular formula is C24H34N2. The third kappa shape index (κ3) is 5.47. The minimum Gasteiger partial charge on any atom is -0.394 e. The number of hydrogen-bond donors (Lipinski definition) is 1. The third-order valence-electron chi connectivity index (χ3n) is 5.02. The molecule has 0 aliphatic carbocycles. The summed E-state index contributed by atoms with van der Waals surface area (Å²) in [6, 6.07) is 20.2. The van der Waals surface area contributed by atoms with Crippen molar-refractivity contribution in [3.05, 3.63) is 77.5 Å². The van der Waals surface area contributed by atoms with E-state index in [2.05, 4.69) is 77.8 Å². The summed E-state index contributed by atoms with van der Waals surface area (Å²) in [7, 11) is 1.94. The molecule has 0 radical (unpaired) electrons. The molecule has 0 amide bonds. The van der Waals surface area contributed by atoms with Gasteiger partial charge in [-0.2, -0.15) is 0 Å². The average Bonchev–Trinajstić information content (AvgIpc) is 2.71. The Kier molecular flexibility index (Phi) is 8.43. The molecule has 1 saturated heterocycles. The van der Waals surface area contributed by atoms with Crippen molar-refractivity contribution in [3.8, 4) is 0 Å². The number of rotatable bonds is 5. The first-order chi connectivity index (χ1) is 12.8. The molecular weight excluding hydrogens is 316 g/mol. The maximum absolute atomic E-state index is 3.09. The molecule has 140 valence electrons. The highest BCUT2D eigenvalue weighted by atomic mass is 15.2. The van der Waals surface area contributed by atoms with Gasteiger partial charge in [-0.3, -0.25) is 4.90 Å². The summed E-state index contributed by atoms with van der Waals surface area (Å²) in [5.74, 6) is 0.797. The Morgan fingerprint density at radius 3 is 2.46 bits per heavy atom. The second-order valence-corrected chi connectivity index (χ2v) is 6.85. The molecule has 2 heteroatoms. The average molecular weight is 351 g/mol. The van der Waals surface area contributed by atoms with Crippen molar-refractivity contribution in [1.82, 2.24) is 10.2 Å². The van der Waals surface area contributed by atoms with Gasteiger partial charge in [0.05, 0.1) is 0 Å². The zero-order chi connectivity index (χ0) is 18.8. The Hall–Kier alpha value is -2.06. The van der Waals surface area contributed by atoms with E-state index in [0.29, 0.717) is 6.04 Å². The zero-order valence-corrected chi connectivity index (χ0v) is 16.8. The smallest absolute Gasteiger partial charge is 0.0354 e. The van der Waals surface area contributed by atoms with E-state index >= 15 is 0 Å². The zero-order valence-electron chi connectivity index (χ0n) is 16.8. The summed E-state index contributed by atoms with van der Waals surface area (Å²) in [6.45, 7) is 8.57. The number of piperidine rings is 1. The van der Waals surface area contributed by atoms with Crippen molar-refractivity contribution in [3.63, 3.8) is 0 Å². The summed E-state index contributed by atoms with van der Waals surface area (Å²) < 4.78 is 0. The Labute approximate surface area is 159 Å². The fourth-order valence-corrected chi connectivity index (χ4v) is 3.63. The van der Waals surface area contributed by atoms with Crippen LogP contribution in [0.4, 0.5) is 0 Å². The minimum absolute atomic E-state index is 0.524. The molecule has 2 unspecified atom stereocenters. The lowest BCUT2D eigenvalue weighted by molar-refractivity contribution is 0.110. The number of nitrogens with one attached hydrogen (secondary N) is 1. The quantitative estimate of drug-likeness (QED) is 0.725. The van der Waals surface area contributed by atoms with E-state index in [1.165, 1.54) is 36.1 Å². The second-order valence-electron chi connectivity index (χ2n) is 6.85. The van der Waals surface area contributed by atoms with Gasteiger partial charge in [-0.25, -0.2) is 0 Å². The Morgan fingerprint density at radius 2 is 1.73 bits per heavy atom. The Bertz CT molecular complexity index is 663. The van der Waals surface area contributed by atoms with Crippen molar-refractivity contribution in [1.29, 1.82) is 0 Å². The van der Waals surface area contributed by atoms with Crippen LogP contribution >= 0.6 is 0 Å². The first-order valence-electron chi connectivity index (χ1n) is 9.98. The summed E-state index contributed by atoms with van der Waals surface area (Å²) in [5.41, 5.74) is 4.16. The summed E-state index contributed by atoms with van der Waals surface area (Å²) >= 11 is 0. The highest BCUT2D eigenvalue weighted by molar-refractivity contribution is 5.53. The van der Waals surface area contributed by atoms with Crippen LogP contribution in [0.3, 0.4) is 0 Å². The molecule has 2 atom stereocenters. The number of hydrogen-bond acceptors (Lipinski definition) is 2. The minimum atomic E-state index is 0.524. The number of nitrogens with zero attached hydrogens (tertiary/aromatic N) is 1. The molecule has 1 aliphatic rings. The Morgan fingerprint density at radius 1 is 1.04 bits per heavy atom.